The Balaban J connectivity index is 2.78. The Kier molecular flexibility index (Phi) is 2.33. The van der Waals surface area contributed by atoms with Crippen LogP contribution in [0.4, 0.5) is 0 Å². The molecule has 0 saturated carbocycles. The second kappa shape index (κ2) is 3.06. The fraction of sp³-hybridized carbons (Fsp3) is 0.571. The van der Waals surface area contributed by atoms with Crippen LogP contribution in [-0.4, -0.2) is 5.97 Å². The van der Waals surface area contributed by atoms with E-state index in [-0.39, 0.29) is 0 Å². The first-order valence-electron chi connectivity index (χ1n) is 3.30. The minimum atomic E-state index is -1.11. The molecule has 10 heavy (non-hydrogen) atoms. The summed E-state index contributed by atoms with van der Waals surface area (Å²) in [5, 5.41) is 10.8. The SMILES string of the molecule is O=C([O-])C1=C(Cl)CCCC1. The minimum Gasteiger partial charge on any atom is -0.545 e. The van der Waals surface area contributed by atoms with E-state index in [4.69, 9.17) is 11.6 Å². The van der Waals surface area contributed by atoms with Crippen molar-refractivity contribution in [1.29, 1.82) is 0 Å². The van der Waals surface area contributed by atoms with E-state index < -0.39 is 5.97 Å². The summed E-state index contributed by atoms with van der Waals surface area (Å²) < 4.78 is 0. The quantitative estimate of drug-likeness (QED) is 0.568. The van der Waals surface area contributed by atoms with E-state index in [1.54, 1.807) is 0 Å². The summed E-state index contributed by atoms with van der Waals surface area (Å²) in [5.74, 6) is -1.11. The zero-order chi connectivity index (χ0) is 7.56. The van der Waals surface area contributed by atoms with Gasteiger partial charge in [-0.05, 0) is 31.3 Å². The number of halogens is 1. The van der Waals surface area contributed by atoms with Gasteiger partial charge in [-0.1, -0.05) is 11.6 Å². The highest BCUT2D eigenvalue weighted by Gasteiger charge is 2.10. The van der Waals surface area contributed by atoms with Crippen molar-refractivity contribution in [3.8, 4) is 0 Å². The van der Waals surface area contributed by atoms with E-state index in [2.05, 4.69) is 0 Å². The number of hydrogen-bond acceptors (Lipinski definition) is 2. The molecule has 0 N–H and O–H groups in total. The second-order valence-corrected chi connectivity index (χ2v) is 2.83. The minimum absolute atomic E-state index is 0.299. The highest BCUT2D eigenvalue weighted by Crippen LogP contribution is 2.26. The molecule has 0 heterocycles. The Morgan fingerprint density at radius 1 is 1.40 bits per heavy atom. The van der Waals surface area contributed by atoms with Crippen molar-refractivity contribution in [3.63, 3.8) is 0 Å². The first kappa shape index (κ1) is 7.61. The molecule has 56 valence electrons. The van der Waals surface area contributed by atoms with Gasteiger partial charge in [0.2, 0.25) is 0 Å². The predicted octanol–water partition coefficient (Wildman–Crippen LogP) is 0.803. The molecule has 0 bridgehead atoms. The third kappa shape index (κ3) is 1.51. The van der Waals surface area contributed by atoms with Crippen molar-refractivity contribution in [2.24, 2.45) is 0 Å². The van der Waals surface area contributed by atoms with E-state index >= 15 is 0 Å². The number of rotatable bonds is 1. The molecule has 1 aliphatic carbocycles. The maximum absolute atomic E-state index is 10.3. The van der Waals surface area contributed by atoms with Crippen LogP contribution in [0, 0.1) is 0 Å². The number of carboxylic acids is 1. The van der Waals surface area contributed by atoms with Crippen molar-refractivity contribution in [2.45, 2.75) is 25.7 Å². The van der Waals surface area contributed by atoms with Crippen LogP contribution in [0.3, 0.4) is 0 Å². The fourth-order valence-electron chi connectivity index (χ4n) is 1.08. The van der Waals surface area contributed by atoms with Crippen LogP contribution < -0.4 is 5.11 Å². The summed E-state index contributed by atoms with van der Waals surface area (Å²) in [7, 11) is 0. The third-order valence-corrected chi connectivity index (χ3v) is 2.06. The lowest BCUT2D eigenvalue weighted by Gasteiger charge is -2.15. The smallest absolute Gasteiger partial charge is 0.0686 e. The number of aliphatic carboxylic acids is 1. The Bertz CT molecular complexity index is 184. The molecular weight excluding hydrogens is 152 g/mol. The second-order valence-electron chi connectivity index (χ2n) is 2.38. The Morgan fingerprint density at radius 3 is 2.40 bits per heavy atom. The zero-order valence-electron chi connectivity index (χ0n) is 5.52. The molecule has 0 amide bonds. The zero-order valence-corrected chi connectivity index (χ0v) is 6.28. The van der Waals surface area contributed by atoms with Gasteiger partial charge in [0, 0.05) is 5.03 Å². The molecule has 0 radical (unpaired) electrons. The predicted molar refractivity (Wildman–Crippen MR) is 36.4 cm³/mol. The van der Waals surface area contributed by atoms with Crippen molar-refractivity contribution in [3.05, 3.63) is 10.6 Å². The molecule has 1 rings (SSSR count). The average Bonchev–Trinajstić information content (AvgIpc) is 1.88. The van der Waals surface area contributed by atoms with E-state index in [1.807, 2.05) is 0 Å². The number of carbonyl (C=O) groups is 1. The van der Waals surface area contributed by atoms with Gasteiger partial charge in [-0.3, -0.25) is 0 Å². The molecule has 0 aliphatic heterocycles. The summed E-state index contributed by atoms with van der Waals surface area (Å²) in [6, 6.07) is 0. The normalized spacial score (nSPS) is 19.3. The van der Waals surface area contributed by atoms with Crippen molar-refractivity contribution >= 4 is 17.6 Å². The molecule has 0 aromatic carbocycles. The van der Waals surface area contributed by atoms with Crippen LogP contribution in [0.1, 0.15) is 25.7 Å². The summed E-state index contributed by atoms with van der Waals surface area (Å²) in [5.41, 5.74) is 0.299. The van der Waals surface area contributed by atoms with Crippen LogP contribution in [0.15, 0.2) is 10.6 Å². The summed E-state index contributed by atoms with van der Waals surface area (Å²) in [4.78, 5) is 10.3. The topological polar surface area (TPSA) is 40.1 Å². The van der Waals surface area contributed by atoms with Gasteiger partial charge in [0.05, 0.1) is 5.97 Å². The summed E-state index contributed by atoms with van der Waals surface area (Å²) in [6.07, 6.45) is 3.18. The van der Waals surface area contributed by atoms with Gasteiger partial charge >= 0.3 is 0 Å². The molecule has 2 nitrogen and oxygen atoms in total. The van der Waals surface area contributed by atoms with Gasteiger partial charge in [0.25, 0.3) is 0 Å². The lowest BCUT2D eigenvalue weighted by Crippen LogP contribution is -2.26. The largest absolute Gasteiger partial charge is 0.545 e. The molecule has 3 heteroatoms. The first-order valence-corrected chi connectivity index (χ1v) is 3.68. The van der Waals surface area contributed by atoms with E-state index in [9.17, 15) is 9.90 Å². The molecule has 1 aliphatic rings. The highest BCUT2D eigenvalue weighted by molar-refractivity contribution is 6.31. The molecule has 0 fully saturated rings. The summed E-state index contributed by atoms with van der Waals surface area (Å²) in [6.45, 7) is 0. The number of carboxylic acid groups (broad SMARTS) is 1. The van der Waals surface area contributed by atoms with Crippen LogP contribution in [-0.2, 0) is 4.79 Å². The van der Waals surface area contributed by atoms with Crippen LogP contribution >= 0.6 is 11.6 Å². The Labute approximate surface area is 64.5 Å². The van der Waals surface area contributed by atoms with Crippen molar-refractivity contribution < 1.29 is 9.90 Å². The Hall–Kier alpha value is -0.500. The lowest BCUT2D eigenvalue weighted by atomic mass is 10.00. The van der Waals surface area contributed by atoms with Gasteiger partial charge in [0.15, 0.2) is 0 Å². The number of allylic oxidation sites excluding steroid dienone is 1. The standard InChI is InChI=1S/C7H9ClO2/c8-6-4-2-1-3-5(6)7(9)10/h1-4H2,(H,9,10)/p-1. The van der Waals surface area contributed by atoms with Crippen LogP contribution in [0.25, 0.3) is 0 Å². The van der Waals surface area contributed by atoms with Gasteiger partial charge < -0.3 is 9.90 Å². The third-order valence-electron chi connectivity index (χ3n) is 1.65. The van der Waals surface area contributed by atoms with Crippen molar-refractivity contribution in [2.75, 3.05) is 0 Å². The molecule has 0 saturated heterocycles. The molecule has 0 atom stereocenters. The maximum atomic E-state index is 10.3. The van der Waals surface area contributed by atoms with Gasteiger partial charge in [0.1, 0.15) is 0 Å². The number of hydrogen-bond donors (Lipinski definition) is 0. The average molecular weight is 160 g/mol. The molecule has 0 aromatic rings. The molecular formula is C7H8ClO2-. The van der Waals surface area contributed by atoms with E-state index in [1.165, 1.54) is 0 Å². The number of carbonyl (C=O) groups excluding carboxylic acids is 1. The molecule has 0 spiro atoms. The fourth-order valence-corrected chi connectivity index (χ4v) is 1.39. The van der Waals surface area contributed by atoms with E-state index in [0.717, 1.165) is 12.8 Å². The first-order chi connectivity index (χ1) is 4.72. The van der Waals surface area contributed by atoms with Gasteiger partial charge in [-0.2, -0.15) is 0 Å². The van der Waals surface area contributed by atoms with Crippen molar-refractivity contribution in [1.82, 2.24) is 0 Å². The van der Waals surface area contributed by atoms with Gasteiger partial charge in [-0.15, -0.1) is 0 Å². The Morgan fingerprint density at radius 2 is 2.00 bits per heavy atom. The van der Waals surface area contributed by atoms with Crippen LogP contribution in [0.5, 0.6) is 0 Å². The monoisotopic (exact) mass is 159 g/mol. The summed E-state index contributed by atoms with van der Waals surface area (Å²) >= 11 is 5.64. The van der Waals surface area contributed by atoms with E-state index in [0.29, 0.717) is 23.4 Å². The highest BCUT2D eigenvalue weighted by atomic mass is 35.5. The van der Waals surface area contributed by atoms with Crippen LogP contribution in [0.2, 0.25) is 0 Å². The lowest BCUT2D eigenvalue weighted by molar-refractivity contribution is -0.299. The maximum Gasteiger partial charge on any atom is 0.0686 e. The molecule has 0 unspecified atom stereocenters. The molecule has 0 aromatic heterocycles. The van der Waals surface area contributed by atoms with Gasteiger partial charge in [-0.25, -0.2) is 0 Å².